The maximum atomic E-state index is 13.6. The first-order chi connectivity index (χ1) is 9.24. The van der Waals surface area contributed by atoms with E-state index < -0.39 is 0 Å². The predicted molar refractivity (Wildman–Crippen MR) is 82.4 cm³/mol. The van der Waals surface area contributed by atoms with Gasteiger partial charge in [0.1, 0.15) is 5.82 Å². The van der Waals surface area contributed by atoms with Crippen molar-refractivity contribution in [3.05, 3.63) is 21.5 Å². The van der Waals surface area contributed by atoms with Gasteiger partial charge in [-0.25, -0.2) is 9.37 Å². The molecule has 2 bridgehead atoms. The van der Waals surface area contributed by atoms with Crippen LogP contribution < -0.4 is 4.90 Å². The van der Waals surface area contributed by atoms with Gasteiger partial charge in [-0.2, -0.15) is 0 Å². The maximum absolute atomic E-state index is 13.6. The Morgan fingerprint density at radius 3 is 2.79 bits per heavy atom. The summed E-state index contributed by atoms with van der Waals surface area (Å²) in [7, 11) is 0. The summed E-state index contributed by atoms with van der Waals surface area (Å²) in [4.78, 5) is 7.07. The van der Waals surface area contributed by atoms with Crippen LogP contribution in [-0.4, -0.2) is 30.3 Å². The lowest BCUT2D eigenvalue weighted by atomic mass is 10.2. The van der Waals surface area contributed by atoms with Crippen LogP contribution in [0.25, 0.3) is 10.2 Å². The second-order valence-electron chi connectivity index (χ2n) is 5.03. The number of anilines is 1. The van der Waals surface area contributed by atoms with Gasteiger partial charge in [-0.05, 0) is 47.6 Å². The van der Waals surface area contributed by atoms with Crippen LogP contribution in [0.4, 0.5) is 9.52 Å². The minimum atomic E-state index is -0.185. The number of hydrogen-bond acceptors (Lipinski definition) is 4. The van der Waals surface area contributed by atoms with Crippen molar-refractivity contribution >= 4 is 49.3 Å². The Hall–Kier alpha value is -0.470. The highest BCUT2D eigenvalue weighted by Crippen LogP contribution is 2.39. The Bertz CT molecular complexity index is 631. The van der Waals surface area contributed by atoms with Gasteiger partial charge in [-0.3, -0.25) is 0 Å². The van der Waals surface area contributed by atoms with Gasteiger partial charge in [-0.15, -0.1) is 0 Å². The van der Waals surface area contributed by atoms with E-state index in [4.69, 9.17) is 4.74 Å². The molecular weight excluding hydrogens is 378 g/mol. The molecule has 0 amide bonds. The molecule has 2 saturated heterocycles. The third kappa shape index (κ3) is 1.87. The fraction of sp³-hybridized carbons (Fsp3) is 0.462. The van der Waals surface area contributed by atoms with Crippen LogP contribution in [-0.2, 0) is 4.74 Å². The molecule has 3 heterocycles. The van der Waals surface area contributed by atoms with Gasteiger partial charge in [0.25, 0.3) is 0 Å². The molecule has 100 valence electrons. The van der Waals surface area contributed by atoms with E-state index in [9.17, 15) is 4.39 Å². The number of rotatable bonds is 1. The zero-order valence-electron chi connectivity index (χ0n) is 10.1. The number of halogens is 2. The van der Waals surface area contributed by atoms with E-state index in [1.165, 1.54) is 18.9 Å². The Balaban J connectivity index is 1.82. The average Bonchev–Trinajstić information content (AvgIpc) is 2.93. The summed E-state index contributed by atoms with van der Waals surface area (Å²) < 4.78 is 20.9. The largest absolute Gasteiger partial charge is 0.377 e. The first kappa shape index (κ1) is 12.3. The molecule has 0 saturated carbocycles. The lowest BCUT2D eigenvalue weighted by molar-refractivity contribution is 0.0906. The Morgan fingerprint density at radius 1 is 1.32 bits per heavy atom. The molecule has 2 aliphatic heterocycles. The molecule has 19 heavy (non-hydrogen) atoms. The third-order valence-electron chi connectivity index (χ3n) is 3.90. The topological polar surface area (TPSA) is 25.4 Å². The second-order valence-corrected chi connectivity index (χ2v) is 7.12. The standard InChI is InChI=1S/C13H12FIN2OS/c14-9-3-4-10-12(11(9)15)16-13(19-10)17-7-1-2-8(17)6-18-5-7/h3-4,7-8H,1-2,5-6H2. The SMILES string of the molecule is Fc1ccc2sc(N3C4CCC3COC4)nc2c1I. The summed E-state index contributed by atoms with van der Waals surface area (Å²) >= 11 is 3.70. The van der Waals surface area contributed by atoms with E-state index in [-0.39, 0.29) is 5.82 Å². The highest BCUT2D eigenvalue weighted by atomic mass is 127. The first-order valence-corrected chi connectivity index (χ1v) is 8.24. The molecule has 2 aromatic rings. The number of fused-ring (bicyclic) bond motifs is 3. The van der Waals surface area contributed by atoms with Crippen molar-refractivity contribution in [3.8, 4) is 0 Å². The van der Waals surface area contributed by atoms with E-state index in [1.807, 2.05) is 28.7 Å². The quantitative estimate of drug-likeness (QED) is 0.698. The van der Waals surface area contributed by atoms with Gasteiger partial charge in [0, 0.05) is 0 Å². The smallest absolute Gasteiger partial charge is 0.187 e. The Kier molecular flexibility index (Phi) is 2.93. The Morgan fingerprint density at radius 2 is 2.05 bits per heavy atom. The van der Waals surface area contributed by atoms with Gasteiger partial charge in [0.05, 0.1) is 39.1 Å². The van der Waals surface area contributed by atoms with Crippen molar-refractivity contribution in [2.45, 2.75) is 24.9 Å². The van der Waals surface area contributed by atoms with Crippen molar-refractivity contribution in [1.82, 2.24) is 4.98 Å². The summed E-state index contributed by atoms with van der Waals surface area (Å²) in [6.45, 7) is 1.58. The first-order valence-electron chi connectivity index (χ1n) is 6.34. The van der Waals surface area contributed by atoms with Gasteiger partial charge < -0.3 is 9.64 Å². The van der Waals surface area contributed by atoms with Gasteiger partial charge in [0.2, 0.25) is 0 Å². The number of benzene rings is 1. The van der Waals surface area contributed by atoms with E-state index in [0.717, 1.165) is 28.6 Å². The lowest BCUT2D eigenvalue weighted by Gasteiger charge is -2.34. The predicted octanol–water partition coefficient (Wildman–Crippen LogP) is 3.41. The van der Waals surface area contributed by atoms with E-state index >= 15 is 0 Å². The molecule has 1 aromatic carbocycles. The van der Waals surface area contributed by atoms with Crippen molar-refractivity contribution in [1.29, 1.82) is 0 Å². The molecule has 0 radical (unpaired) electrons. The summed E-state index contributed by atoms with van der Waals surface area (Å²) in [5, 5.41) is 1.02. The second kappa shape index (κ2) is 4.53. The fourth-order valence-corrected chi connectivity index (χ4v) is 4.87. The lowest BCUT2D eigenvalue weighted by Crippen LogP contribution is -2.45. The molecule has 3 nitrogen and oxygen atoms in total. The minimum Gasteiger partial charge on any atom is -0.377 e. The third-order valence-corrected chi connectivity index (χ3v) is 5.96. The monoisotopic (exact) mass is 390 g/mol. The highest BCUT2D eigenvalue weighted by molar-refractivity contribution is 14.1. The van der Waals surface area contributed by atoms with E-state index in [1.54, 1.807) is 11.3 Å². The molecule has 2 aliphatic rings. The highest BCUT2D eigenvalue weighted by Gasteiger charge is 2.39. The molecule has 0 N–H and O–H groups in total. The van der Waals surface area contributed by atoms with Crippen LogP contribution in [0.3, 0.4) is 0 Å². The molecule has 2 unspecified atom stereocenters. The van der Waals surface area contributed by atoms with Crippen LogP contribution in [0.15, 0.2) is 12.1 Å². The maximum Gasteiger partial charge on any atom is 0.187 e. The van der Waals surface area contributed by atoms with Crippen LogP contribution in [0.5, 0.6) is 0 Å². The van der Waals surface area contributed by atoms with Crippen LogP contribution in [0.1, 0.15) is 12.8 Å². The number of ether oxygens (including phenoxy) is 1. The summed E-state index contributed by atoms with van der Waals surface area (Å²) in [6, 6.07) is 4.25. The molecule has 2 atom stereocenters. The van der Waals surface area contributed by atoms with Gasteiger partial charge in [0.15, 0.2) is 5.13 Å². The van der Waals surface area contributed by atoms with Gasteiger partial charge >= 0.3 is 0 Å². The summed E-state index contributed by atoms with van der Waals surface area (Å²) in [5.41, 5.74) is 0.798. The molecule has 1 aromatic heterocycles. The van der Waals surface area contributed by atoms with Crippen LogP contribution >= 0.6 is 33.9 Å². The number of hydrogen-bond donors (Lipinski definition) is 0. The Labute approximate surface area is 127 Å². The average molecular weight is 390 g/mol. The van der Waals surface area contributed by atoms with Gasteiger partial charge in [-0.1, -0.05) is 11.3 Å². The number of morpholine rings is 1. The molecule has 6 heteroatoms. The summed E-state index contributed by atoms with van der Waals surface area (Å²) in [5.74, 6) is -0.185. The fourth-order valence-electron chi connectivity index (χ4n) is 2.98. The number of thiazole rings is 1. The minimum absolute atomic E-state index is 0.185. The van der Waals surface area contributed by atoms with Crippen LogP contribution in [0, 0.1) is 9.39 Å². The van der Waals surface area contributed by atoms with Crippen molar-refractivity contribution < 1.29 is 9.13 Å². The summed E-state index contributed by atoms with van der Waals surface area (Å²) in [6.07, 6.45) is 2.35. The number of nitrogens with zero attached hydrogens (tertiary/aromatic N) is 2. The van der Waals surface area contributed by atoms with Crippen molar-refractivity contribution in [2.24, 2.45) is 0 Å². The molecule has 4 rings (SSSR count). The molecule has 2 fully saturated rings. The zero-order chi connectivity index (χ0) is 13.0. The van der Waals surface area contributed by atoms with Crippen molar-refractivity contribution in [3.63, 3.8) is 0 Å². The van der Waals surface area contributed by atoms with E-state index in [0.29, 0.717) is 15.7 Å². The molecular formula is C13H12FIN2OS. The normalized spacial score (nSPS) is 26.3. The zero-order valence-corrected chi connectivity index (χ0v) is 13.1. The molecule has 0 spiro atoms. The number of aromatic nitrogens is 1. The molecule has 0 aliphatic carbocycles. The van der Waals surface area contributed by atoms with Crippen molar-refractivity contribution in [2.75, 3.05) is 18.1 Å². The van der Waals surface area contributed by atoms with Crippen LogP contribution in [0.2, 0.25) is 0 Å². The van der Waals surface area contributed by atoms with E-state index in [2.05, 4.69) is 9.88 Å².